The van der Waals surface area contributed by atoms with Gasteiger partial charge in [-0.2, -0.15) is 0 Å². The third-order valence-corrected chi connectivity index (χ3v) is 4.66. The van der Waals surface area contributed by atoms with E-state index < -0.39 is 6.09 Å². The second-order valence-electron chi connectivity index (χ2n) is 4.34. The van der Waals surface area contributed by atoms with Crippen LogP contribution in [-0.2, 0) is 0 Å². The number of anilines is 1. The molecule has 0 aromatic heterocycles. The van der Waals surface area contributed by atoms with Crippen LogP contribution in [0.3, 0.4) is 0 Å². The second-order valence-corrected chi connectivity index (χ2v) is 5.94. The molecule has 0 aliphatic heterocycles. The Kier molecular flexibility index (Phi) is 4.25. The van der Waals surface area contributed by atoms with Gasteiger partial charge in [-0.05, 0) is 25.0 Å². The summed E-state index contributed by atoms with van der Waals surface area (Å²) in [7, 11) is 0. The van der Waals surface area contributed by atoms with Gasteiger partial charge >= 0.3 is 0 Å². The van der Waals surface area contributed by atoms with Gasteiger partial charge in [0.05, 0.1) is 0 Å². The third-order valence-electron chi connectivity index (χ3n) is 3.21. The molecule has 1 aromatic carbocycles. The van der Waals surface area contributed by atoms with E-state index in [0.717, 1.165) is 24.9 Å². The molecule has 1 aromatic rings. The highest BCUT2D eigenvalue weighted by molar-refractivity contribution is 14.1. The maximum atomic E-state index is 11.4. The number of carboxylic acid groups (broad SMARTS) is 1. The summed E-state index contributed by atoms with van der Waals surface area (Å²) in [5.41, 5.74) is 0.723. The van der Waals surface area contributed by atoms with Crippen molar-refractivity contribution in [2.24, 2.45) is 0 Å². The summed E-state index contributed by atoms with van der Waals surface area (Å²) in [5, 5.41) is 11.4. The van der Waals surface area contributed by atoms with Crippen LogP contribution in [0.2, 0.25) is 0 Å². The number of benzene rings is 1. The quantitative estimate of drug-likeness (QED) is 0.611. The summed E-state index contributed by atoms with van der Waals surface area (Å²) in [4.78, 5) is 12.8. The van der Waals surface area contributed by atoms with Crippen LogP contribution in [0.15, 0.2) is 30.3 Å². The fourth-order valence-corrected chi connectivity index (χ4v) is 3.50. The van der Waals surface area contributed by atoms with Crippen LogP contribution in [0.4, 0.5) is 10.5 Å². The Morgan fingerprint density at radius 1 is 1.24 bits per heavy atom. The van der Waals surface area contributed by atoms with Crippen LogP contribution >= 0.6 is 22.6 Å². The summed E-state index contributed by atoms with van der Waals surface area (Å²) < 4.78 is 0.374. The lowest BCUT2D eigenvalue weighted by atomic mass is 9.94. The highest BCUT2D eigenvalue weighted by Crippen LogP contribution is 2.31. The zero-order valence-electron chi connectivity index (χ0n) is 9.51. The molecular weight excluding hydrogens is 329 g/mol. The molecule has 1 saturated carbocycles. The highest BCUT2D eigenvalue weighted by atomic mass is 127. The number of hydrogen-bond acceptors (Lipinski definition) is 2. The molecule has 3 nitrogen and oxygen atoms in total. The molecule has 0 spiro atoms. The van der Waals surface area contributed by atoms with E-state index in [2.05, 4.69) is 22.6 Å². The Bertz CT molecular complexity index is 382. The molecule has 1 aliphatic rings. The van der Waals surface area contributed by atoms with Gasteiger partial charge in [0.2, 0.25) is 0 Å². The molecule has 1 fully saturated rings. The normalized spacial score (nSPS) is 24.3. The van der Waals surface area contributed by atoms with Crippen LogP contribution in [0.1, 0.15) is 25.7 Å². The van der Waals surface area contributed by atoms with Crippen molar-refractivity contribution in [1.82, 2.24) is 0 Å². The maximum Gasteiger partial charge on any atom is 0.141 e. The number of hydrogen-bond donors (Lipinski definition) is 0. The van der Waals surface area contributed by atoms with E-state index in [-0.39, 0.29) is 6.04 Å². The van der Waals surface area contributed by atoms with E-state index in [4.69, 9.17) is 0 Å². The first-order chi connectivity index (χ1) is 8.20. The molecule has 92 valence electrons. The van der Waals surface area contributed by atoms with Crippen molar-refractivity contribution >= 4 is 34.4 Å². The topological polar surface area (TPSA) is 43.4 Å². The highest BCUT2D eigenvalue weighted by Gasteiger charge is 2.29. The van der Waals surface area contributed by atoms with Crippen molar-refractivity contribution in [2.45, 2.75) is 35.6 Å². The second kappa shape index (κ2) is 5.71. The maximum absolute atomic E-state index is 11.4. The lowest BCUT2D eigenvalue weighted by Gasteiger charge is -2.39. The lowest BCUT2D eigenvalue weighted by molar-refractivity contribution is -0.247. The summed E-state index contributed by atoms with van der Waals surface area (Å²) in [5.74, 6) is 0. The molecule has 17 heavy (non-hydrogen) atoms. The van der Waals surface area contributed by atoms with Gasteiger partial charge in [0.1, 0.15) is 6.09 Å². The Balaban J connectivity index is 2.26. The van der Waals surface area contributed by atoms with Gasteiger partial charge in [0.25, 0.3) is 0 Å². The van der Waals surface area contributed by atoms with Crippen molar-refractivity contribution in [3.63, 3.8) is 0 Å². The largest absolute Gasteiger partial charge is 0.530 e. The molecule has 0 radical (unpaired) electrons. The molecule has 1 aliphatic carbocycles. The number of rotatable bonds is 2. The Hall–Kier alpha value is -0.780. The average Bonchev–Trinajstić information content (AvgIpc) is 2.33. The SMILES string of the molecule is O=C([O-])N(c1ccccc1)C1CCCCC1I. The van der Waals surface area contributed by atoms with Crippen molar-refractivity contribution in [1.29, 1.82) is 0 Å². The first-order valence-electron chi connectivity index (χ1n) is 5.89. The minimum atomic E-state index is -1.09. The predicted octanol–water partition coefficient (Wildman–Crippen LogP) is 2.58. The molecule has 2 rings (SSSR count). The van der Waals surface area contributed by atoms with E-state index in [1.165, 1.54) is 11.3 Å². The zero-order valence-corrected chi connectivity index (χ0v) is 11.7. The molecular formula is C13H15INO2-. The predicted molar refractivity (Wildman–Crippen MR) is 74.4 cm³/mol. The molecule has 2 unspecified atom stereocenters. The average molecular weight is 344 g/mol. The zero-order chi connectivity index (χ0) is 12.3. The number of carbonyl (C=O) groups is 1. The van der Waals surface area contributed by atoms with Crippen molar-refractivity contribution in [2.75, 3.05) is 4.90 Å². The fraction of sp³-hybridized carbons (Fsp3) is 0.462. The van der Waals surface area contributed by atoms with E-state index in [1.807, 2.05) is 30.3 Å². The molecule has 4 heteroatoms. The first kappa shape index (κ1) is 12.7. The standard InChI is InChI=1S/C13H16INO2/c14-11-8-4-5-9-12(11)15(13(16)17)10-6-2-1-3-7-10/h1-3,6-7,11-12H,4-5,8-9H2,(H,16,17)/p-1. The molecule has 1 amide bonds. The third kappa shape index (κ3) is 2.91. The van der Waals surface area contributed by atoms with Crippen molar-refractivity contribution in [3.05, 3.63) is 30.3 Å². The summed E-state index contributed by atoms with van der Waals surface area (Å²) in [6.07, 6.45) is 3.21. The first-order valence-corrected chi connectivity index (χ1v) is 7.14. The molecule has 0 bridgehead atoms. The number of carbonyl (C=O) groups excluding carboxylic acids is 1. The van der Waals surface area contributed by atoms with Crippen LogP contribution in [0.5, 0.6) is 0 Å². The van der Waals surface area contributed by atoms with Gasteiger partial charge in [-0.15, -0.1) is 0 Å². The van der Waals surface area contributed by atoms with Crippen LogP contribution in [0, 0.1) is 0 Å². The van der Waals surface area contributed by atoms with E-state index in [1.54, 1.807) is 0 Å². The minimum absolute atomic E-state index is 0.0525. The molecule has 0 N–H and O–H groups in total. The Labute approximate surface area is 115 Å². The minimum Gasteiger partial charge on any atom is -0.530 e. The molecule has 2 atom stereocenters. The molecule has 0 saturated heterocycles. The molecule has 0 heterocycles. The number of halogens is 1. The van der Waals surface area contributed by atoms with Gasteiger partial charge in [-0.1, -0.05) is 53.6 Å². The van der Waals surface area contributed by atoms with Gasteiger partial charge in [-0.3, -0.25) is 0 Å². The smallest absolute Gasteiger partial charge is 0.141 e. The summed E-state index contributed by atoms with van der Waals surface area (Å²) in [6.45, 7) is 0. The van der Waals surface area contributed by atoms with E-state index in [0.29, 0.717) is 3.92 Å². The lowest BCUT2D eigenvalue weighted by Crippen LogP contribution is -2.52. The van der Waals surface area contributed by atoms with Gasteiger partial charge in [0.15, 0.2) is 0 Å². The van der Waals surface area contributed by atoms with E-state index in [9.17, 15) is 9.90 Å². The fourth-order valence-electron chi connectivity index (χ4n) is 2.38. The number of alkyl halides is 1. The van der Waals surface area contributed by atoms with E-state index >= 15 is 0 Å². The van der Waals surface area contributed by atoms with Crippen LogP contribution in [-0.4, -0.2) is 16.1 Å². The number of amides is 1. The van der Waals surface area contributed by atoms with Gasteiger partial charge < -0.3 is 14.8 Å². The Morgan fingerprint density at radius 2 is 1.88 bits per heavy atom. The van der Waals surface area contributed by atoms with Crippen LogP contribution in [0.25, 0.3) is 0 Å². The number of para-hydroxylation sites is 1. The van der Waals surface area contributed by atoms with Crippen LogP contribution < -0.4 is 10.0 Å². The van der Waals surface area contributed by atoms with Crippen molar-refractivity contribution < 1.29 is 9.90 Å². The monoisotopic (exact) mass is 344 g/mol. The summed E-state index contributed by atoms with van der Waals surface area (Å²) in [6, 6.07) is 9.31. The van der Waals surface area contributed by atoms with Crippen molar-refractivity contribution in [3.8, 4) is 0 Å². The van der Waals surface area contributed by atoms with Gasteiger partial charge in [-0.25, -0.2) is 0 Å². The Morgan fingerprint density at radius 3 is 2.47 bits per heavy atom. The number of nitrogens with zero attached hydrogens (tertiary/aromatic N) is 1. The van der Waals surface area contributed by atoms with Gasteiger partial charge in [0, 0.05) is 15.7 Å². The summed E-state index contributed by atoms with van der Waals surface area (Å²) >= 11 is 2.36.